The quantitative estimate of drug-likeness (QED) is 0.00983. The highest BCUT2D eigenvalue weighted by Gasteiger charge is 2.41. The van der Waals surface area contributed by atoms with Crippen LogP contribution in [0.25, 0.3) is 0 Å². The molecule has 636 valence electrons. The number of benzene rings is 2. The lowest BCUT2D eigenvalue weighted by molar-refractivity contribution is -0.143. The SMILES string of the molecule is CC[C@H](C)[C@H](NC(=O)C(CCCN=C(N)N)NC(=O)[C@@H]1CCCN1C(=O)[C@H](CCCCN)NC(=O)[C@H](CC(C)C)NC(=O)[C@H](CCCCN)NO)C(=O)NC(CCCN=C(N)N)C(=O)N[C@@H](CCCN=C(N)N)C(=O)NC(CC(C)C)C(=O)N[C@@H](Cc1ccccc1)C(=O)NCC(=O)NCC(=O)NC(C=O)Cc1ccc(O)cc1. The van der Waals surface area contributed by atoms with Crippen LogP contribution in [0.1, 0.15) is 162 Å². The normalized spacial score (nSPS) is 15.3. The molecule has 12 atom stereocenters. The van der Waals surface area contributed by atoms with Gasteiger partial charge in [-0.2, -0.15) is 5.48 Å². The molecule has 0 saturated carbocycles. The Morgan fingerprint density at radius 2 is 0.912 bits per heavy atom. The predicted molar refractivity (Wildman–Crippen MR) is 429 cm³/mol. The van der Waals surface area contributed by atoms with Crippen LogP contribution in [0.2, 0.25) is 0 Å². The second-order valence-electron chi connectivity index (χ2n) is 29.2. The number of hydroxylamine groups is 1. The zero-order valence-corrected chi connectivity index (χ0v) is 66.6. The number of carbonyl (C=O) groups is 13. The van der Waals surface area contributed by atoms with Crippen molar-refractivity contribution in [1.29, 1.82) is 0 Å². The summed E-state index contributed by atoms with van der Waals surface area (Å²) in [6.07, 6.45) is 3.66. The van der Waals surface area contributed by atoms with Gasteiger partial charge in [-0.25, -0.2) is 0 Å². The van der Waals surface area contributed by atoms with E-state index >= 15 is 0 Å². The van der Waals surface area contributed by atoms with Crippen LogP contribution in [0, 0.1) is 17.8 Å². The molecule has 0 bridgehead atoms. The minimum atomic E-state index is -1.48. The maximum atomic E-state index is 14.9. The van der Waals surface area contributed by atoms with E-state index in [1.807, 2.05) is 19.3 Å². The molecule has 0 radical (unpaired) electrons. The number of phenolic OH excluding ortho intramolecular Hbond substituents is 1. The topological polar surface area (TPSA) is 655 Å². The molecule has 0 aromatic heterocycles. The van der Waals surface area contributed by atoms with Crippen molar-refractivity contribution < 1.29 is 72.6 Å². The van der Waals surface area contributed by atoms with Crippen molar-refractivity contribution in [2.24, 2.45) is 78.6 Å². The summed E-state index contributed by atoms with van der Waals surface area (Å²) in [5.74, 6) is -11.1. The van der Waals surface area contributed by atoms with Gasteiger partial charge >= 0.3 is 0 Å². The van der Waals surface area contributed by atoms with Gasteiger partial charge in [0.05, 0.1) is 19.1 Å². The van der Waals surface area contributed by atoms with Crippen molar-refractivity contribution in [1.82, 2.24) is 68.9 Å². The highest BCUT2D eigenvalue weighted by atomic mass is 16.5. The first-order valence-corrected chi connectivity index (χ1v) is 39.0. The van der Waals surface area contributed by atoms with Crippen LogP contribution in [0.3, 0.4) is 0 Å². The third-order valence-electron chi connectivity index (χ3n) is 18.7. The van der Waals surface area contributed by atoms with Gasteiger partial charge in [0.1, 0.15) is 72.5 Å². The van der Waals surface area contributed by atoms with Gasteiger partial charge in [-0.3, -0.25) is 72.5 Å². The summed E-state index contributed by atoms with van der Waals surface area (Å²) in [6.45, 7) is 10.2. The molecule has 1 aliphatic heterocycles. The minimum absolute atomic E-state index is 0.00735. The van der Waals surface area contributed by atoms with Gasteiger partial charge in [-0.15, -0.1) is 0 Å². The van der Waals surface area contributed by atoms with E-state index in [2.05, 4.69) is 73.5 Å². The van der Waals surface area contributed by atoms with Crippen LogP contribution in [0.4, 0.5) is 0 Å². The zero-order valence-electron chi connectivity index (χ0n) is 66.6. The highest BCUT2D eigenvalue weighted by molar-refractivity contribution is 5.99. The second kappa shape index (κ2) is 53.2. The molecule has 0 spiro atoms. The first-order chi connectivity index (χ1) is 54.2. The number of rotatable bonds is 55. The van der Waals surface area contributed by atoms with E-state index in [0.29, 0.717) is 56.1 Å². The molecule has 2 aromatic rings. The Kier molecular flexibility index (Phi) is 45.5. The Morgan fingerprint density at radius 3 is 1.39 bits per heavy atom. The molecule has 114 heavy (non-hydrogen) atoms. The van der Waals surface area contributed by atoms with Crippen molar-refractivity contribution >= 4 is 95.1 Å². The Bertz CT molecular complexity index is 3490. The summed E-state index contributed by atoms with van der Waals surface area (Å²) >= 11 is 0. The number of aliphatic imine (C=N–C) groups is 3. The van der Waals surface area contributed by atoms with Crippen LogP contribution < -0.4 is 110 Å². The number of nitrogens with one attached hydrogen (secondary N) is 12. The van der Waals surface area contributed by atoms with E-state index < -0.39 is 156 Å². The van der Waals surface area contributed by atoms with Crippen molar-refractivity contribution in [3.8, 4) is 5.75 Å². The molecule has 1 saturated heterocycles. The number of phenols is 1. The number of nitrogens with zero attached hydrogens (tertiary/aromatic N) is 4. The molecule has 4 unspecified atom stereocenters. The number of amides is 12. The summed E-state index contributed by atoms with van der Waals surface area (Å²) in [5, 5.41) is 48.9. The molecule has 1 fully saturated rings. The van der Waals surface area contributed by atoms with Gasteiger partial charge in [0.15, 0.2) is 17.9 Å². The molecule has 39 heteroatoms. The fourth-order valence-electron chi connectivity index (χ4n) is 12.4. The van der Waals surface area contributed by atoms with E-state index in [1.165, 1.54) is 17.0 Å². The zero-order chi connectivity index (χ0) is 84.8. The van der Waals surface area contributed by atoms with Crippen LogP contribution in [-0.4, -0.2) is 229 Å². The number of hydrogen-bond donors (Lipinski definition) is 22. The summed E-state index contributed by atoms with van der Waals surface area (Å²) in [6, 6.07) is 0.604. The Hall–Kier alpha value is -10.8. The molecular weight excluding hydrogens is 1480 g/mol. The number of nitrogens with two attached hydrogens (primary N) is 8. The predicted octanol–water partition coefficient (Wildman–Crippen LogP) is -4.13. The molecule has 30 N–H and O–H groups in total. The monoisotopic (exact) mass is 1600 g/mol. The Morgan fingerprint density at radius 1 is 0.482 bits per heavy atom. The lowest BCUT2D eigenvalue weighted by Gasteiger charge is -2.32. The van der Waals surface area contributed by atoms with Gasteiger partial charge in [0, 0.05) is 32.6 Å². The van der Waals surface area contributed by atoms with Gasteiger partial charge in [-0.1, -0.05) is 96.8 Å². The number of guanidine groups is 3. The molecule has 1 heterocycles. The number of unbranched alkanes of at least 4 members (excludes halogenated alkanes) is 2. The Labute approximate surface area is 666 Å². The molecular formula is C75H126N24O15. The molecule has 12 amide bonds. The second-order valence-corrected chi connectivity index (χ2v) is 29.2. The van der Waals surface area contributed by atoms with E-state index in [4.69, 9.17) is 45.9 Å². The maximum absolute atomic E-state index is 14.9. The molecule has 39 nitrogen and oxygen atoms in total. The van der Waals surface area contributed by atoms with Gasteiger partial charge in [0.2, 0.25) is 70.9 Å². The number of carbonyl (C=O) groups excluding carboxylic acids is 13. The van der Waals surface area contributed by atoms with Crippen LogP contribution in [-0.2, 0) is 75.2 Å². The van der Waals surface area contributed by atoms with Gasteiger partial charge in [-0.05, 0) is 157 Å². The molecule has 1 aliphatic rings. The standard InChI is InChI=1S/C75H126N24O15/c1-7-46(6)62(97-66(107)53(25-17-35-86-75(82)83)91-70(111)59-26-18-36-99(59)72(113)55(22-12-14-32-77)93-68(109)56(37-44(2)3)95-67(108)54(98-114)21-11-13-31-76)71(112)92-52(24-16-34-85-74(80)81)64(105)90-51(23-15-33-84-73(78)79)65(106)94-57(38-45(4)5)69(110)96-58(40-47-19-9-8-10-20-47)63(104)88-41-60(102)87-42-61(103)89-49(43-100)39-48-27-29-50(101)30-28-48/h8-10,19-20,27-30,43-46,49,51-59,62,98,101,114H,7,11-18,21-26,31-42,76-77H2,1-6H3,(H,87,102)(H,88,104)(H,89,103)(H,90,105)(H,91,111)(H,92,112)(H,93,109)(H,94,106)(H,95,108)(H,96,110)(H,97,107)(H4,78,79,84)(H4,80,81,85)(H4,82,83,86)/t46-,49?,51-,52?,53?,54-,55-,56-,57?,58-,59-,62-/m0/s1. The molecule has 3 rings (SSSR count). The lowest BCUT2D eigenvalue weighted by Crippen LogP contribution is -2.61. The third-order valence-corrected chi connectivity index (χ3v) is 18.7. The van der Waals surface area contributed by atoms with Gasteiger partial charge < -0.3 is 124 Å². The first kappa shape index (κ1) is 97.4. The van der Waals surface area contributed by atoms with Crippen LogP contribution in [0.5, 0.6) is 5.75 Å². The van der Waals surface area contributed by atoms with Crippen molar-refractivity contribution in [3.63, 3.8) is 0 Å². The fraction of sp³-hybridized carbons (Fsp3) is 0.627. The number of aldehydes is 1. The summed E-state index contributed by atoms with van der Waals surface area (Å²) in [7, 11) is 0. The Balaban J connectivity index is 1.97. The lowest BCUT2D eigenvalue weighted by atomic mass is 9.96. The average molecular weight is 1600 g/mol. The van der Waals surface area contributed by atoms with E-state index in [9.17, 15) is 72.6 Å². The highest BCUT2D eigenvalue weighted by Crippen LogP contribution is 2.22. The van der Waals surface area contributed by atoms with E-state index in [-0.39, 0.29) is 158 Å². The smallest absolute Gasteiger partial charge is 0.245 e. The third kappa shape index (κ3) is 37.7. The fourth-order valence-corrected chi connectivity index (χ4v) is 12.4. The maximum Gasteiger partial charge on any atom is 0.245 e. The average Bonchev–Trinajstić information content (AvgIpc) is 1.77. The summed E-state index contributed by atoms with van der Waals surface area (Å²) < 4.78 is 0. The largest absolute Gasteiger partial charge is 0.508 e. The number of hydrogen-bond acceptors (Lipinski definition) is 21. The van der Waals surface area contributed by atoms with E-state index in [0.717, 1.165) is 0 Å². The molecule has 0 aliphatic carbocycles. The van der Waals surface area contributed by atoms with Crippen molar-refractivity contribution in [2.75, 3.05) is 52.4 Å². The van der Waals surface area contributed by atoms with Gasteiger partial charge in [0.25, 0.3) is 0 Å². The number of likely N-dealkylation sites (tertiary alicyclic amines) is 1. The molecule has 2 aromatic carbocycles. The van der Waals surface area contributed by atoms with Crippen molar-refractivity contribution in [3.05, 3.63) is 65.7 Å². The van der Waals surface area contributed by atoms with Crippen LogP contribution >= 0.6 is 0 Å². The summed E-state index contributed by atoms with van der Waals surface area (Å²) in [5.41, 5.74) is 48.6. The van der Waals surface area contributed by atoms with Crippen LogP contribution in [0.15, 0.2) is 69.6 Å². The van der Waals surface area contributed by atoms with E-state index in [1.54, 1.807) is 70.2 Å². The van der Waals surface area contributed by atoms with Crippen molar-refractivity contribution in [2.45, 2.75) is 230 Å². The minimum Gasteiger partial charge on any atom is -0.508 e. The summed E-state index contributed by atoms with van der Waals surface area (Å²) in [4.78, 5) is 196. The first-order valence-electron chi connectivity index (χ1n) is 39.0. The number of aromatic hydroxyl groups is 1.